The quantitative estimate of drug-likeness (QED) is 0.800. The number of aromatic nitrogens is 1. The van der Waals surface area contributed by atoms with E-state index in [0.717, 1.165) is 0 Å². The van der Waals surface area contributed by atoms with Gasteiger partial charge in [-0.2, -0.15) is 0 Å². The maximum atomic E-state index is 13.9. The molecule has 2 aromatic rings. The summed E-state index contributed by atoms with van der Waals surface area (Å²) in [6.45, 7) is 0.706. The predicted octanol–water partition coefficient (Wildman–Crippen LogP) is 0.157. The first-order valence-corrected chi connectivity index (χ1v) is 7.96. The van der Waals surface area contributed by atoms with Gasteiger partial charge in [-0.05, 0) is 12.1 Å². The van der Waals surface area contributed by atoms with E-state index >= 15 is 0 Å². The van der Waals surface area contributed by atoms with Crippen LogP contribution in [-0.4, -0.2) is 64.7 Å². The minimum Gasteiger partial charge on any atom is -0.345 e. The van der Waals surface area contributed by atoms with Gasteiger partial charge in [0.25, 0.3) is 5.91 Å². The van der Waals surface area contributed by atoms with Gasteiger partial charge in [-0.3, -0.25) is 14.4 Å². The highest BCUT2D eigenvalue weighted by atomic mass is 19.1. The van der Waals surface area contributed by atoms with Crippen molar-refractivity contribution in [1.29, 1.82) is 0 Å². The van der Waals surface area contributed by atoms with Gasteiger partial charge < -0.3 is 15.1 Å². The normalized spacial score (nSPS) is 20.4. The molecule has 2 saturated heterocycles. The highest BCUT2D eigenvalue weighted by molar-refractivity contribution is 5.98. The smallest absolute Gasteiger partial charge is 0.272 e. The Kier molecular flexibility index (Phi) is 3.60. The molecule has 1 atom stereocenters. The summed E-state index contributed by atoms with van der Waals surface area (Å²) in [4.78, 5) is 43.7. The van der Waals surface area contributed by atoms with E-state index in [1.807, 2.05) is 0 Å². The van der Waals surface area contributed by atoms with E-state index in [4.69, 9.17) is 0 Å². The molecule has 1 aromatic heterocycles. The first-order chi connectivity index (χ1) is 12.0. The molecule has 3 heterocycles. The largest absolute Gasteiger partial charge is 0.345 e. The Hall–Kier alpha value is -3.03. The molecule has 0 radical (unpaired) electrons. The van der Waals surface area contributed by atoms with Gasteiger partial charge in [-0.1, -0.05) is 18.2 Å². The number of piperazine rings is 2. The van der Waals surface area contributed by atoms with Crippen LogP contribution in [0.1, 0.15) is 10.5 Å². The van der Waals surface area contributed by atoms with Crippen molar-refractivity contribution in [3.63, 3.8) is 0 Å². The maximum absolute atomic E-state index is 13.9. The molecule has 0 saturated carbocycles. The Morgan fingerprint density at radius 3 is 2.88 bits per heavy atom. The van der Waals surface area contributed by atoms with E-state index in [1.54, 1.807) is 24.3 Å². The summed E-state index contributed by atoms with van der Waals surface area (Å²) < 4.78 is 13.9. The van der Waals surface area contributed by atoms with Crippen molar-refractivity contribution < 1.29 is 18.8 Å². The molecule has 2 fully saturated rings. The molecule has 0 bridgehead atoms. The molecule has 2 aliphatic heterocycles. The zero-order valence-corrected chi connectivity index (χ0v) is 13.2. The van der Waals surface area contributed by atoms with E-state index in [9.17, 15) is 18.8 Å². The van der Waals surface area contributed by atoms with Crippen molar-refractivity contribution in [3.05, 3.63) is 41.8 Å². The molecular weight excluding hydrogens is 327 g/mol. The number of nitrogens with one attached hydrogen (secondary N) is 1. The van der Waals surface area contributed by atoms with Crippen molar-refractivity contribution in [2.75, 3.05) is 26.2 Å². The number of nitrogens with zero attached hydrogens (tertiary/aromatic N) is 3. The van der Waals surface area contributed by atoms with Crippen LogP contribution >= 0.6 is 0 Å². The second-order valence-corrected chi connectivity index (χ2v) is 6.08. The van der Waals surface area contributed by atoms with Crippen LogP contribution in [0.15, 0.2) is 30.3 Å². The average Bonchev–Trinajstić information content (AvgIpc) is 2.64. The third-order valence-corrected chi connectivity index (χ3v) is 4.59. The standard InChI is InChI=1S/C17H15FN4O3/c18-11-3-1-2-10-4-5-12(20-15(10)11)17(25)21-6-7-22-13(9-21)16(24)19-8-14(22)23/h1-5,13H,6-9H2,(H,19,24). The van der Waals surface area contributed by atoms with E-state index in [0.29, 0.717) is 18.5 Å². The first-order valence-electron chi connectivity index (χ1n) is 7.96. The zero-order chi connectivity index (χ0) is 17.6. The van der Waals surface area contributed by atoms with Gasteiger partial charge in [0, 0.05) is 18.5 Å². The Balaban J connectivity index is 1.60. The summed E-state index contributed by atoms with van der Waals surface area (Å²) in [5.74, 6) is -1.29. The molecule has 2 aliphatic rings. The summed E-state index contributed by atoms with van der Waals surface area (Å²) in [6.07, 6.45) is 0. The summed E-state index contributed by atoms with van der Waals surface area (Å²) >= 11 is 0. The molecule has 128 valence electrons. The number of para-hydroxylation sites is 1. The Morgan fingerprint density at radius 2 is 2.04 bits per heavy atom. The van der Waals surface area contributed by atoms with Gasteiger partial charge in [0.15, 0.2) is 0 Å². The van der Waals surface area contributed by atoms with Gasteiger partial charge in [0.05, 0.1) is 13.1 Å². The van der Waals surface area contributed by atoms with E-state index < -0.39 is 11.9 Å². The topological polar surface area (TPSA) is 82.6 Å². The SMILES string of the molecule is O=C1NCC(=O)N2CCN(C(=O)c3ccc4cccc(F)c4n3)CC12. The monoisotopic (exact) mass is 342 g/mol. The lowest BCUT2D eigenvalue weighted by molar-refractivity contribution is -0.148. The maximum Gasteiger partial charge on any atom is 0.272 e. The second-order valence-electron chi connectivity index (χ2n) is 6.08. The molecule has 0 aliphatic carbocycles. The van der Waals surface area contributed by atoms with Crippen molar-refractivity contribution in [1.82, 2.24) is 20.1 Å². The fraction of sp³-hybridized carbons (Fsp3) is 0.294. The van der Waals surface area contributed by atoms with Crippen molar-refractivity contribution in [2.45, 2.75) is 6.04 Å². The van der Waals surface area contributed by atoms with Crippen molar-refractivity contribution >= 4 is 28.6 Å². The highest BCUT2D eigenvalue weighted by Crippen LogP contribution is 2.19. The number of carbonyl (C=O) groups is 3. The first kappa shape index (κ1) is 15.5. The minimum absolute atomic E-state index is 0.00517. The van der Waals surface area contributed by atoms with Gasteiger partial charge in [-0.25, -0.2) is 9.37 Å². The highest BCUT2D eigenvalue weighted by Gasteiger charge is 2.40. The van der Waals surface area contributed by atoms with Crippen LogP contribution in [0.3, 0.4) is 0 Å². The average molecular weight is 342 g/mol. The molecule has 1 N–H and O–H groups in total. The van der Waals surface area contributed by atoms with Crippen LogP contribution in [0.2, 0.25) is 0 Å². The number of pyridine rings is 1. The van der Waals surface area contributed by atoms with Crippen LogP contribution in [0.5, 0.6) is 0 Å². The molecule has 8 heteroatoms. The third kappa shape index (κ3) is 2.59. The van der Waals surface area contributed by atoms with Gasteiger partial charge in [0.2, 0.25) is 11.8 Å². The number of hydrogen-bond acceptors (Lipinski definition) is 4. The van der Waals surface area contributed by atoms with Crippen LogP contribution in [0, 0.1) is 5.82 Å². The number of benzene rings is 1. The van der Waals surface area contributed by atoms with Crippen LogP contribution in [0.4, 0.5) is 4.39 Å². The van der Waals surface area contributed by atoms with Crippen molar-refractivity contribution in [3.8, 4) is 0 Å². The Bertz CT molecular complexity index is 901. The number of carbonyl (C=O) groups excluding carboxylic acids is 3. The molecule has 25 heavy (non-hydrogen) atoms. The molecule has 7 nitrogen and oxygen atoms in total. The number of rotatable bonds is 1. The van der Waals surface area contributed by atoms with Crippen LogP contribution < -0.4 is 5.32 Å². The van der Waals surface area contributed by atoms with Crippen LogP contribution in [-0.2, 0) is 9.59 Å². The van der Waals surface area contributed by atoms with Crippen LogP contribution in [0.25, 0.3) is 10.9 Å². The van der Waals surface area contributed by atoms with E-state index in [-0.39, 0.29) is 42.0 Å². The lowest BCUT2D eigenvalue weighted by Gasteiger charge is -2.42. The number of fused-ring (bicyclic) bond motifs is 2. The second kappa shape index (κ2) is 5.80. The van der Waals surface area contributed by atoms with Crippen molar-refractivity contribution in [2.24, 2.45) is 0 Å². The predicted molar refractivity (Wildman–Crippen MR) is 86.1 cm³/mol. The molecule has 1 aromatic carbocycles. The van der Waals surface area contributed by atoms with E-state index in [2.05, 4.69) is 10.3 Å². The third-order valence-electron chi connectivity index (χ3n) is 4.59. The van der Waals surface area contributed by atoms with Gasteiger partial charge in [0.1, 0.15) is 23.1 Å². The summed E-state index contributed by atoms with van der Waals surface area (Å²) in [5.41, 5.74) is 0.256. The molecular formula is C17H15FN4O3. The number of amides is 3. The lowest BCUT2D eigenvalue weighted by atomic mass is 10.1. The Labute approximate surface area is 142 Å². The fourth-order valence-electron chi connectivity index (χ4n) is 3.26. The molecule has 1 unspecified atom stereocenters. The number of hydrogen-bond donors (Lipinski definition) is 1. The molecule has 4 rings (SSSR count). The zero-order valence-electron chi connectivity index (χ0n) is 13.2. The Morgan fingerprint density at radius 1 is 1.20 bits per heavy atom. The van der Waals surface area contributed by atoms with E-state index in [1.165, 1.54) is 15.9 Å². The molecule has 0 spiro atoms. The number of halogens is 1. The molecule has 3 amide bonds. The summed E-state index contributed by atoms with van der Waals surface area (Å²) in [5, 5.41) is 3.14. The van der Waals surface area contributed by atoms with Gasteiger partial charge >= 0.3 is 0 Å². The summed E-state index contributed by atoms with van der Waals surface area (Å²) in [6, 6.07) is 7.10. The van der Waals surface area contributed by atoms with Gasteiger partial charge in [-0.15, -0.1) is 0 Å². The minimum atomic E-state index is -0.684. The lowest BCUT2D eigenvalue weighted by Crippen LogP contribution is -2.66. The fourth-order valence-corrected chi connectivity index (χ4v) is 3.26. The summed E-state index contributed by atoms with van der Waals surface area (Å²) in [7, 11) is 0.